The Bertz CT molecular complexity index is 1220. The van der Waals surface area contributed by atoms with Gasteiger partial charge in [0.15, 0.2) is 5.84 Å². The molecule has 31 heavy (non-hydrogen) atoms. The van der Waals surface area contributed by atoms with E-state index in [1.54, 1.807) is 36.4 Å². The number of aryl methyl sites for hydroxylation is 1. The van der Waals surface area contributed by atoms with Crippen molar-refractivity contribution in [3.8, 4) is 0 Å². The van der Waals surface area contributed by atoms with Gasteiger partial charge in [-0.3, -0.25) is 0 Å². The summed E-state index contributed by atoms with van der Waals surface area (Å²) < 4.78 is 34.5. The minimum atomic E-state index is -3.74. The predicted molar refractivity (Wildman–Crippen MR) is 118 cm³/mol. The number of esters is 1. The number of fused-ring (bicyclic) bond motifs is 1. The van der Waals surface area contributed by atoms with Crippen molar-refractivity contribution >= 4 is 21.8 Å². The molecule has 0 saturated heterocycles. The Morgan fingerprint density at radius 1 is 0.935 bits per heavy atom. The second-order valence-corrected chi connectivity index (χ2v) is 8.87. The monoisotopic (exact) mass is 434 g/mol. The SMILES string of the molecule is Cc1ccc(C(=O)OCCN(Cc2ccccc2)C2=NS(=O)(=O)c3ccccc32)cc1. The molecule has 0 fully saturated rings. The minimum absolute atomic E-state index is 0.0980. The van der Waals surface area contributed by atoms with E-state index in [1.807, 2.05) is 54.3 Å². The maximum atomic E-state index is 12.5. The number of sulfonamides is 1. The summed E-state index contributed by atoms with van der Waals surface area (Å²) in [5.74, 6) is -0.0492. The smallest absolute Gasteiger partial charge is 0.338 e. The lowest BCUT2D eigenvalue weighted by molar-refractivity contribution is 0.0484. The predicted octanol–water partition coefficient (Wildman–Crippen LogP) is 3.80. The first-order chi connectivity index (χ1) is 14.9. The quantitative estimate of drug-likeness (QED) is 0.552. The number of hydrogen-bond donors (Lipinski definition) is 0. The lowest BCUT2D eigenvalue weighted by atomic mass is 10.1. The first-order valence-electron chi connectivity index (χ1n) is 9.91. The van der Waals surface area contributed by atoms with Crippen LogP contribution in [0.15, 0.2) is 88.2 Å². The molecule has 0 bridgehead atoms. The first kappa shape index (κ1) is 20.8. The molecule has 0 aromatic heterocycles. The van der Waals surface area contributed by atoms with Crippen molar-refractivity contribution < 1.29 is 17.9 Å². The normalized spacial score (nSPS) is 13.9. The van der Waals surface area contributed by atoms with Crippen LogP contribution in [0.5, 0.6) is 0 Å². The molecule has 0 unspecified atom stereocenters. The highest BCUT2D eigenvalue weighted by Crippen LogP contribution is 2.28. The van der Waals surface area contributed by atoms with Crippen LogP contribution in [0, 0.1) is 6.92 Å². The standard InChI is InChI=1S/C24H22N2O4S/c1-18-11-13-20(14-12-18)24(27)30-16-15-26(17-19-7-3-2-4-8-19)23-21-9-5-6-10-22(21)31(28,29)25-23/h2-14H,15-17H2,1H3. The van der Waals surface area contributed by atoms with Crippen molar-refractivity contribution in [1.82, 2.24) is 4.90 Å². The second-order valence-electron chi connectivity index (χ2n) is 7.30. The Morgan fingerprint density at radius 3 is 2.35 bits per heavy atom. The summed E-state index contributed by atoms with van der Waals surface area (Å²) in [5, 5.41) is 0. The molecule has 158 valence electrons. The van der Waals surface area contributed by atoms with Crippen LogP contribution in [0.2, 0.25) is 0 Å². The maximum absolute atomic E-state index is 12.5. The van der Waals surface area contributed by atoms with Gasteiger partial charge in [-0.05, 0) is 36.8 Å². The van der Waals surface area contributed by atoms with Gasteiger partial charge in [-0.1, -0.05) is 60.2 Å². The van der Waals surface area contributed by atoms with E-state index in [1.165, 1.54) is 0 Å². The molecule has 0 aliphatic carbocycles. The van der Waals surface area contributed by atoms with Crippen LogP contribution in [-0.2, 0) is 21.3 Å². The molecule has 0 saturated carbocycles. The molecule has 6 nitrogen and oxygen atoms in total. The van der Waals surface area contributed by atoms with Gasteiger partial charge >= 0.3 is 5.97 Å². The Labute approximate surface area is 181 Å². The number of rotatable bonds is 6. The van der Waals surface area contributed by atoms with Gasteiger partial charge in [-0.2, -0.15) is 8.42 Å². The third-order valence-corrected chi connectivity index (χ3v) is 6.34. The molecule has 1 aliphatic rings. The van der Waals surface area contributed by atoms with Crippen LogP contribution in [0.25, 0.3) is 0 Å². The van der Waals surface area contributed by atoms with Gasteiger partial charge in [0.1, 0.15) is 11.5 Å². The second kappa shape index (κ2) is 8.73. The lowest BCUT2D eigenvalue weighted by Crippen LogP contribution is -2.34. The molecule has 1 aliphatic heterocycles. The summed E-state index contributed by atoms with van der Waals surface area (Å²) in [6.07, 6.45) is 0. The zero-order chi connectivity index (χ0) is 21.8. The summed E-state index contributed by atoms with van der Waals surface area (Å²) in [6, 6.07) is 23.6. The van der Waals surface area contributed by atoms with Crippen molar-refractivity contribution in [3.05, 3.63) is 101 Å². The highest BCUT2D eigenvalue weighted by atomic mass is 32.2. The molecule has 3 aromatic carbocycles. The largest absolute Gasteiger partial charge is 0.460 e. The number of benzene rings is 3. The van der Waals surface area contributed by atoms with Gasteiger partial charge in [0.05, 0.1) is 12.1 Å². The van der Waals surface area contributed by atoms with Crippen molar-refractivity contribution in [2.75, 3.05) is 13.2 Å². The van der Waals surface area contributed by atoms with Gasteiger partial charge in [0, 0.05) is 12.1 Å². The van der Waals surface area contributed by atoms with E-state index in [9.17, 15) is 13.2 Å². The van der Waals surface area contributed by atoms with E-state index >= 15 is 0 Å². The fourth-order valence-electron chi connectivity index (χ4n) is 3.40. The van der Waals surface area contributed by atoms with E-state index in [0.29, 0.717) is 30.1 Å². The van der Waals surface area contributed by atoms with Crippen LogP contribution in [0.1, 0.15) is 27.0 Å². The van der Waals surface area contributed by atoms with Crippen molar-refractivity contribution in [1.29, 1.82) is 0 Å². The van der Waals surface area contributed by atoms with Crippen molar-refractivity contribution in [2.24, 2.45) is 4.40 Å². The molecule has 4 rings (SSSR count). The molecule has 7 heteroatoms. The summed E-state index contributed by atoms with van der Waals surface area (Å²) in [6.45, 7) is 2.78. The molecule has 3 aromatic rings. The molecule has 0 atom stereocenters. The van der Waals surface area contributed by atoms with Crippen LogP contribution in [0.4, 0.5) is 0 Å². The number of hydrogen-bond acceptors (Lipinski definition) is 5. The lowest BCUT2D eigenvalue weighted by Gasteiger charge is -2.24. The Kier molecular flexibility index (Phi) is 5.86. The van der Waals surface area contributed by atoms with Gasteiger partial charge in [0.2, 0.25) is 0 Å². The fourth-order valence-corrected chi connectivity index (χ4v) is 4.63. The van der Waals surface area contributed by atoms with Crippen LogP contribution in [-0.4, -0.2) is 38.3 Å². The minimum Gasteiger partial charge on any atom is -0.460 e. The zero-order valence-electron chi connectivity index (χ0n) is 17.1. The summed E-state index contributed by atoms with van der Waals surface area (Å²) in [7, 11) is -3.74. The Balaban J connectivity index is 1.54. The van der Waals surface area contributed by atoms with Crippen LogP contribution in [0.3, 0.4) is 0 Å². The molecule has 0 radical (unpaired) electrons. The van der Waals surface area contributed by atoms with Gasteiger partial charge in [0.25, 0.3) is 10.0 Å². The number of carbonyl (C=O) groups excluding carboxylic acids is 1. The topological polar surface area (TPSA) is 76.0 Å². The maximum Gasteiger partial charge on any atom is 0.338 e. The highest BCUT2D eigenvalue weighted by molar-refractivity contribution is 7.90. The Morgan fingerprint density at radius 2 is 1.61 bits per heavy atom. The molecule has 0 spiro atoms. The molecular formula is C24H22N2O4S. The van der Waals surface area contributed by atoms with Crippen LogP contribution >= 0.6 is 0 Å². The van der Waals surface area contributed by atoms with E-state index in [-0.39, 0.29) is 11.5 Å². The van der Waals surface area contributed by atoms with Crippen molar-refractivity contribution in [2.45, 2.75) is 18.4 Å². The van der Waals surface area contributed by atoms with Gasteiger partial charge in [-0.15, -0.1) is 4.40 Å². The highest BCUT2D eigenvalue weighted by Gasteiger charge is 2.31. The van der Waals surface area contributed by atoms with Gasteiger partial charge < -0.3 is 9.64 Å². The Hall–Kier alpha value is -3.45. The third kappa shape index (κ3) is 4.67. The van der Waals surface area contributed by atoms with Crippen LogP contribution < -0.4 is 0 Å². The zero-order valence-corrected chi connectivity index (χ0v) is 17.9. The summed E-state index contributed by atoms with van der Waals surface area (Å²) in [5.41, 5.74) is 3.09. The fraction of sp³-hybridized carbons (Fsp3) is 0.167. The molecule has 0 amide bonds. The summed E-state index contributed by atoms with van der Waals surface area (Å²) >= 11 is 0. The molecular weight excluding hydrogens is 412 g/mol. The number of ether oxygens (including phenoxy) is 1. The van der Waals surface area contributed by atoms with E-state index in [0.717, 1.165) is 11.1 Å². The molecule has 1 heterocycles. The molecule has 0 N–H and O–H groups in total. The third-order valence-electron chi connectivity index (χ3n) is 5.01. The number of amidine groups is 1. The average molecular weight is 435 g/mol. The summed E-state index contributed by atoms with van der Waals surface area (Å²) in [4.78, 5) is 14.4. The van der Waals surface area contributed by atoms with E-state index in [4.69, 9.17) is 4.74 Å². The van der Waals surface area contributed by atoms with E-state index < -0.39 is 16.0 Å². The number of nitrogens with zero attached hydrogens (tertiary/aromatic N) is 2. The van der Waals surface area contributed by atoms with Crippen molar-refractivity contribution in [3.63, 3.8) is 0 Å². The van der Waals surface area contributed by atoms with Gasteiger partial charge in [-0.25, -0.2) is 4.79 Å². The van der Waals surface area contributed by atoms with E-state index in [2.05, 4.69) is 4.40 Å². The first-order valence-corrected chi connectivity index (χ1v) is 11.3. The average Bonchev–Trinajstić information content (AvgIpc) is 3.05. The number of carbonyl (C=O) groups is 1.